The molecule has 42 heavy (non-hydrogen) atoms. The Balaban J connectivity index is 1.60. The van der Waals surface area contributed by atoms with Gasteiger partial charge in [0.25, 0.3) is 0 Å². The highest BCUT2D eigenvalue weighted by Gasteiger charge is 2.27. The molecule has 0 unspecified atom stereocenters. The zero-order chi connectivity index (χ0) is 30.8. The first-order valence-corrected chi connectivity index (χ1v) is 17.9. The molecule has 0 radical (unpaired) electrons. The number of hydrogen-bond acceptors (Lipinski definition) is 8. The molecular weight excluding hydrogens is 578 g/mol. The Morgan fingerprint density at radius 2 is 0.810 bits per heavy atom. The van der Waals surface area contributed by atoms with E-state index >= 15 is 0 Å². The minimum atomic E-state index is -3.34. The monoisotopic (exact) mass is 624 g/mol. The van der Waals surface area contributed by atoms with Gasteiger partial charge in [0.05, 0.1) is 37.0 Å². The quantitative estimate of drug-likeness (QED) is 0.111. The normalized spacial score (nSPS) is 11.8. The van der Waals surface area contributed by atoms with E-state index in [-0.39, 0.29) is 38.2 Å². The van der Waals surface area contributed by atoms with Gasteiger partial charge in [-0.3, -0.25) is 18.7 Å². The molecule has 0 spiro atoms. The second-order valence-electron chi connectivity index (χ2n) is 9.48. The van der Waals surface area contributed by atoms with Crippen LogP contribution in [0.3, 0.4) is 0 Å². The van der Waals surface area contributed by atoms with Crippen molar-refractivity contribution in [3.63, 3.8) is 0 Å². The molecule has 0 bridgehead atoms. The van der Waals surface area contributed by atoms with Crippen LogP contribution in [0.25, 0.3) is 0 Å². The van der Waals surface area contributed by atoms with Crippen LogP contribution in [0, 0.1) is 0 Å². The van der Waals surface area contributed by atoms with Gasteiger partial charge in [0, 0.05) is 24.2 Å². The van der Waals surface area contributed by atoms with Crippen molar-refractivity contribution < 1.29 is 36.8 Å². The summed E-state index contributed by atoms with van der Waals surface area (Å²) in [4.78, 5) is 24.6. The Bertz CT molecular complexity index is 1080. The van der Waals surface area contributed by atoms with Gasteiger partial charge in [-0.15, -0.1) is 0 Å². The van der Waals surface area contributed by atoms with Crippen LogP contribution in [-0.4, -0.2) is 38.2 Å². The van der Waals surface area contributed by atoms with Crippen molar-refractivity contribution in [2.24, 2.45) is 0 Å². The summed E-state index contributed by atoms with van der Waals surface area (Å²) >= 11 is 0. The highest BCUT2D eigenvalue weighted by molar-refractivity contribution is 7.62. The highest BCUT2D eigenvalue weighted by Crippen LogP contribution is 2.47. The summed E-state index contributed by atoms with van der Waals surface area (Å²) < 4.78 is 47.1. The van der Waals surface area contributed by atoms with Crippen molar-refractivity contribution in [2.45, 2.75) is 79.1 Å². The molecule has 0 atom stereocenters. The first-order valence-electron chi connectivity index (χ1n) is 14.8. The Labute approximate surface area is 250 Å². The number of benzene rings is 2. The van der Waals surface area contributed by atoms with E-state index in [1.807, 2.05) is 0 Å². The molecule has 12 heteroatoms. The fourth-order valence-corrected chi connectivity index (χ4v) is 7.37. The lowest BCUT2D eigenvalue weighted by Crippen LogP contribution is -2.14. The van der Waals surface area contributed by atoms with Gasteiger partial charge in [-0.1, -0.05) is 25.7 Å². The lowest BCUT2D eigenvalue weighted by molar-refractivity contribution is -0.117. The van der Waals surface area contributed by atoms with E-state index in [0.29, 0.717) is 34.8 Å². The van der Waals surface area contributed by atoms with Crippen LogP contribution in [0.4, 0.5) is 11.4 Å². The molecule has 0 aliphatic rings. The van der Waals surface area contributed by atoms with Gasteiger partial charge in [0.2, 0.25) is 11.8 Å². The maximum Gasteiger partial charge on any atom is 0.361 e. The van der Waals surface area contributed by atoms with Gasteiger partial charge in [-0.05, 0) is 89.1 Å². The molecule has 2 rings (SSSR count). The number of anilines is 2. The van der Waals surface area contributed by atoms with Crippen LogP contribution in [0.15, 0.2) is 48.5 Å². The molecular formula is C30H46N2O8P2. The lowest BCUT2D eigenvalue weighted by atomic mass is 10.1. The van der Waals surface area contributed by atoms with Crippen molar-refractivity contribution in [1.29, 1.82) is 0 Å². The van der Waals surface area contributed by atoms with Crippen LogP contribution in [-0.2, 0) is 36.8 Å². The molecule has 0 aliphatic carbocycles. The zero-order valence-corrected chi connectivity index (χ0v) is 27.1. The molecule has 2 amide bonds. The van der Waals surface area contributed by atoms with E-state index < -0.39 is 15.2 Å². The molecule has 2 aromatic carbocycles. The Hall–Kier alpha value is -2.32. The van der Waals surface area contributed by atoms with Crippen molar-refractivity contribution in [3.8, 4) is 0 Å². The first kappa shape index (κ1) is 35.9. The molecule has 0 saturated heterocycles. The molecule has 0 heterocycles. The first-order chi connectivity index (χ1) is 20.2. The molecule has 0 aliphatic heterocycles. The van der Waals surface area contributed by atoms with E-state index in [0.717, 1.165) is 38.5 Å². The molecule has 0 fully saturated rings. The van der Waals surface area contributed by atoms with E-state index in [1.54, 1.807) is 76.2 Å². The van der Waals surface area contributed by atoms with Crippen LogP contribution >= 0.6 is 15.2 Å². The van der Waals surface area contributed by atoms with Gasteiger partial charge in [-0.25, -0.2) is 0 Å². The van der Waals surface area contributed by atoms with Crippen LogP contribution in [0.5, 0.6) is 0 Å². The summed E-state index contributed by atoms with van der Waals surface area (Å²) in [6, 6.07) is 13.4. The van der Waals surface area contributed by atoms with Gasteiger partial charge in [0.1, 0.15) is 0 Å². The molecule has 234 valence electrons. The van der Waals surface area contributed by atoms with Gasteiger partial charge >= 0.3 is 15.2 Å². The maximum absolute atomic E-state index is 12.8. The smallest absolute Gasteiger partial charge is 0.326 e. The van der Waals surface area contributed by atoms with Crippen molar-refractivity contribution in [3.05, 3.63) is 48.5 Å². The maximum atomic E-state index is 12.8. The number of nitrogens with one attached hydrogen (secondary N) is 2. The van der Waals surface area contributed by atoms with Gasteiger partial charge in [0.15, 0.2) is 0 Å². The summed E-state index contributed by atoms with van der Waals surface area (Å²) in [6.07, 6.45) is 6.26. The molecule has 10 nitrogen and oxygen atoms in total. The zero-order valence-electron chi connectivity index (χ0n) is 25.3. The number of unbranched alkanes of at least 4 members (excludes halogenated alkanes) is 5. The number of hydrogen-bond donors (Lipinski definition) is 2. The van der Waals surface area contributed by atoms with Crippen LogP contribution < -0.4 is 21.2 Å². The predicted molar refractivity (Wildman–Crippen MR) is 168 cm³/mol. The Morgan fingerprint density at radius 1 is 0.524 bits per heavy atom. The second kappa shape index (κ2) is 19.1. The minimum Gasteiger partial charge on any atom is -0.326 e. The summed E-state index contributed by atoms with van der Waals surface area (Å²) in [5.74, 6) is -0.132. The predicted octanol–water partition coefficient (Wildman–Crippen LogP) is 7.17. The standard InChI is InChI=1S/C30H46N2O8P2/c1-5-37-41(35,38-6-2)27-21-17-25(18-22-27)31-29(33)15-13-11-9-10-12-14-16-30(34)32-26-19-23-28(24-20-26)42(36,39-7-3)40-8-4/h17-24H,5-16H2,1-4H3,(H,31,33)(H,32,34). The summed E-state index contributed by atoms with van der Waals surface area (Å²) in [7, 11) is -6.69. The topological polar surface area (TPSA) is 129 Å². The average molecular weight is 625 g/mol. The van der Waals surface area contributed by atoms with Crippen molar-refractivity contribution in [2.75, 3.05) is 37.1 Å². The van der Waals surface area contributed by atoms with E-state index in [9.17, 15) is 18.7 Å². The second-order valence-corrected chi connectivity index (χ2v) is 13.5. The fraction of sp³-hybridized carbons (Fsp3) is 0.533. The van der Waals surface area contributed by atoms with Crippen LogP contribution in [0.1, 0.15) is 79.1 Å². The highest BCUT2D eigenvalue weighted by atomic mass is 31.2. The molecule has 2 N–H and O–H groups in total. The van der Waals surface area contributed by atoms with E-state index in [4.69, 9.17) is 18.1 Å². The minimum absolute atomic E-state index is 0.0659. The third kappa shape index (κ3) is 12.1. The molecule has 2 aromatic rings. The number of rotatable bonds is 21. The fourth-order valence-electron chi connectivity index (χ4n) is 4.23. The third-order valence-corrected chi connectivity index (χ3v) is 10.4. The SMILES string of the molecule is CCOP(=O)(OCC)c1ccc(NC(=O)CCCCCCCCC(=O)Nc2ccc(P(=O)(OCC)OCC)cc2)cc1. The van der Waals surface area contributed by atoms with Gasteiger partial charge in [-0.2, -0.15) is 0 Å². The van der Waals surface area contributed by atoms with E-state index in [1.165, 1.54) is 0 Å². The lowest BCUT2D eigenvalue weighted by Gasteiger charge is -2.17. The summed E-state index contributed by atoms with van der Waals surface area (Å²) in [6.45, 7) is 8.15. The average Bonchev–Trinajstić information content (AvgIpc) is 2.95. The summed E-state index contributed by atoms with van der Waals surface area (Å²) in [5, 5.41) is 6.66. The summed E-state index contributed by atoms with van der Waals surface area (Å²) in [5.41, 5.74) is 1.27. The number of amides is 2. The van der Waals surface area contributed by atoms with Crippen LogP contribution in [0.2, 0.25) is 0 Å². The molecule has 0 aromatic heterocycles. The molecule has 0 saturated carbocycles. The third-order valence-electron chi connectivity index (χ3n) is 6.19. The van der Waals surface area contributed by atoms with E-state index in [2.05, 4.69) is 10.6 Å². The number of carbonyl (C=O) groups excluding carboxylic acids is 2. The Kier molecular flexibility index (Phi) is 16.3. The van der Waals surface area contributed by atoms with Crippen molar-refractivity contribution >= 4 is 49.0 Å². The largest absolute Gasteiger partial charge is 0.361 e. The van der Waals surface area contributed by atoms with Crippen molar-refractivity contribution in [1.82, 2.24) is 0 Å². The number of carbonyl (C=O) groups is 2. The van der Waals surface area contributed by atoms with Gasteiger partial charge < -0.3 is 28.7 Å². The Morgan fingerprint density at radius 3 is 1.10 bits per heavy atom.